The van der Waals surface area contributed by atoms with E-state index in [1.165, 1.54) is 44.2 Å². The minimum Gasteiger partial charge on any atom is -0.392 e. The minimum atomic E-state index is -0.567. The first-order valence-corrected chi connectivity index (χ1v) is 8.22. The fourth-order valence-corrected chi connectivity index (χ4v) is 3.43. The molecule has 1 aromatic rings. The molecule has 1 atom stereocenters. The summed E-state index contributed by atoms with van der Waals surface area (Å²) in [5, 5.41) is 10.3. The Labute approximate surface area is 126 Å². The Balaban J connectivity index is 1.83. The number of unbranched alkanes of at least 4 members (excludes halogenated alkanes) is 1. The maximum atomic E-state index is 13.6. The van der Waals surface area contributed by atoms with Crippen molar-refractivity contribution in [1.29, 1.82) is 0 Å². The summed E-state index contributed by atoms with van der Waals surface area (Å²) in [5.74, 6) is -0.0591. The number of benzene rings is 1. The summed E-state index contributed by atoms with van der Waals surface area (Å²) in [6.45, 7) is 2.21. The average Bonchev–Trinajstić information content (AvgIpc) is 2.48. The van der Waals surface area contributed by atoms with Crippen LogP contribution in [0.25, 0.3) is 0 Å². The second-order valence-corrected chi connectivity index (χ2v) is 6.43. The first-order chi connectivity index (χ1) is 10.1. The van der Waals surface area contributed by atoms with Gasteiger partial charge in [-0.2, -0.15) is 0 Å². The van der Waals surface area contributed by atoms with E-state index in [9.17, 15) is 13.9 Å². The molecule has 1 nitrogen and oxygen atoms in total. The molecule has 1 saturated carbocycles. The molecule has 1 aliphatic rings. The summed E-state index contributed by atoms with van der Waals surface area (Å²) in [6, 6.07) is 3.59. The van der Waals surface area contributed by atoms with Crippen molar-refractivity contribution in [3.63, 3.8) is 0 Å². The van der Waals surface area contributed by atoms with E-state index in [-0.39, 0.29) is 12.3 Å². The van der Waals surface area contributed by atoms with Crippen LogP contribution in [0.5, 0.6) is 0 Å². The van der Waals surface area contributed by atoms with Gasteiger partial charge in [0.15, 0.2) is 0 Å². The molecule has 118 valence electrons. The van der Waals surface area contributed by atoms with Gasteiger partial charge in [-0.15, -0.1) is 0 Å². The first kappa shape index (κ1) is 16.4. The Morgan fingerprint density at radius 1 is 1.19 bits per heavy atom. The van der Waals surface area contributed by atoms with Crippen molar-refractivity contribution in [2.24, 2.45) is 11.8 Å². The maximum Gasteiger partial charge on any atom is 0.129 e. The fourth-order valence-electron chi connectivity index (χ4n) is 3.43. The average molecular weight is 296 g/mol. The summed E-state index contributed by atoms with van der Waals surface area (Å²) >= 11 is 0. The van der Waals surface area contributed by atoms with Crippen LogP contribution in [0.15, 0.2) is 18.2 Å². The van der Waals surface area contributed by atoms with Crippen molar-refractivity contribution < 1.29 is 13.9 Å². The number of hydrogen-bond acceptors (Lipinski definition) is 1. The summed E-state index contributed by atoms with van der Waals surface area (Å²) < 4.78 is 26.5. The smallest absolute Gasteiger partial charge is 0.129 e. The van der Waals surface area contributed by atoms with Crippen molar-refractivity contribution in [3.8, 4) is 0 Å². The van der Waals surface area contributed by atoms with Gasteiger partial charge in [0.2, 0.25) is 0 Å². The van der Waals surface area contributed by atoms with Crippen molar-refractivity contribution in [2.45, 2.75) is 64.4 Å². The third-order valence-electron chi connectivity index (χ3n) is 4.85. The van der Waals surface area contributed by atoms with Crippen LogP contribution < -0.4 is 0 Å². The van der Waals surface area contributed by atoms with Crippen LogP contribution in [0.4, 0.5) is 8.78 Å². The largest absolute Gasteiger partial charge is 0.392 e. The van der Waals surface area contributed by atoms with E-state index in [0.717, 1.165) is 24.8 Å². The van der Waals surface area contributed by atoms with Gasteiger partial charge in [-0.1, -0.05) is 45.1 Å². The molecule has 0 saturated heterocycles. The molecule has 1 aliphatic carbocycles. The van der Waals surface area contributed by atoms with Gasteiger partial charge in [0.05, 0.1) is 6.10 Å². The van der Waals surface area contributed by atoms with Crippen molar-refractivity contribution in [1.82, 2.24) is 0 Å². The molecule has 0 amide bonds. The molecule has 1 fully saturated rings. The maximum absolute atomic E-state index is 13.6. The van der Waals surface area contributed by atoms with Gasteiger partial charge in [-0.05, 0) is 36.3 Å². The third-order valence-corrected chi connectivity index (χ3v) is 4.85. The van der Waals surface area contributed by atoms with Crippen LogP contribution in [0.1, 0.15) is 57.4 Å². The highest BCUT2D eigenvalue weighted by molar-refractivity contribution is 5.19. The number of aliphatic hydroxyl groups excluding tert-OH is 1. The molecule has 2 rings (SSSR count). The molecule has 0 aromatic heterocycles. The Morgan fingerprint density at radius 3 is 2.52 bits per heavy atom. The van der Waals surface area contributed by atoms with Crippen molar-refractivity contribution in [3.05, 3.63) is 35.4 Å². The lowest BCUT2D eigenvalue weighted by molar-refractivity contribution is 0.0719. The van der Waals surface area contributed by atoms with E-state index in [2.05, 4.69) is 6.92 Å². The Hall–Kier alpha value is -0.960. The molecule has 1 N–H and O–H groups in total. The minimum absolute atomic E-state index is 0.257. The van der Waals surface area contributed by atoms with Gasteiger partial charge < -0.3 is 5.11 Å². The van der Waals surface area contributed by atoms with Crippen LogP contribution in [0, 0.1) is 23.5 Å². The monoisotopic (exact) mass is 296 g/mol. The highest BCUT2D eigenvalue weighted by Crippen LogP contribution is 2.34. The number of rotatable bonds is 6. The molecule has 0 spiro atoms. The summed E-state index contributed by atoms with van der Waals surface area (Å²) in [4.78, 5) is 0. The first-order valence-electron chi connectivity index (χ1n) is 8.22. The zero-order valence-corrected chi connectivity index (χ0v) is 12.8. The molecule has 3 heteroatoms. The standard InChI is InChI=1S/C18H26F2O/c1-2-3-4-13-5-7-14(8-6-13)18(21)11-15-9-10-16(19)12-17(15)20/h9-10,12-14,18,21H,2-8,11H2,1H3. The fraction of sp³-hybridized carbons (Fsp3) is 0.667. The second-order valence-electron chi connectivity index (χ2n) is 6.43. The lowest BCUT2D eigenvalue weighted by Crippen LogP contribution is -2.27. The van der Waals surface area contributed by atoms with Gasteiger partial charge >= 0.3 is 0 Å². The van der Waals surface area contributed by atoms with Crippen LogP contribution >= 0.6 is 0 Å². The Morgan fingerprint density at radius 2 is 1.90 bits per heavy atom. The van der Waals surface area contributed by atoms with Gasteiger partial charge in [-0.3, -0.25) is 0 Å². The zero-order valence-electron chi connectivity index (χ0n) is 12.8. The number of halogens is 2. The topological polar surface area (TPSA) is 20.2 Å². The van der Waals surface area contributed by atoms with Gasteiger partial charge in [-0.25, -0.2) is 8.78 Å². The van der Waals surface area contributed by atoms with Gasteiger partial charge in [0.1, 0.15) is 11.6 Å². The third kappa shape index (κ3) is 4.77. The van der Waals surface area contributed by atoms with Gasteiger partial charge in [0, 0.05) is 12.5 Å². The van der Waals surface area contributed by atoms with Crippen LogP contribution in [0.2, 0.25) is 0 Å². The molecule has 1 unspecified atom stereocenters. The summed E-state index contributed by atoms with van der Waals surface area (Å²) in [7, 11) is 0. The van der Waals surface area contributed by atoms with E-state index in [1.54, 1.807) is 0 Å². The molecule has 0 bridgehead atoms. The number of hydrogen-bond donors (Lipinski definition) is 1. The van der Waals surface area contributed by atoms with Gasteiger partial charge in [0.25, 0.3) is 0 Å². The van der Waals surface area contributed by atoms with Crippen LogP contribution in [-0.4, -0.2) is 11.2 Å². The quantitative estimate of drug-likeness (QED) is 0.794. The van der Waals surface area contributed by atoms with E-state index in [4.69, 9.17) is 0 Å². The molecule has 1 aromatic carbocycles. The van der Waals surface area contributed by atoms with E-state index in [1.807, 2.05) is 0 Å². The Bertz CT molecular complexity index is 439. The van der Waals surface area contributed by atoms with Crippen LogP contribution in [0.3, 0.4) is 0 Å². The highest BCUT2D eigenvalue weighted by atomic mass is 19.1. The summed E-state index contributed by atoms with van der Waals surface area (Å²) in [5.41, 5.74) is 0.414. The van der Waals surface area contributed by atoms with Crippen molar-refractivity contribution in [2.75, 3.05) is 0 Å². The molecule has 0 radical (unpaired) electrons. The lowest BCUT2D eigenvalue weighted by atomic mass is 9.76. The molecular formula is C18H26F2O. The molecule has 0 heterocycles. The predicted octanol–water partition coefficient (Wildman–Crippen LogP) is 4.86. The van der Waals surface area contributed by atoms with E-state index in [0.29, 0.717) is 5.56 Å². The van der Waals surface area contributed by atoms with E-state index >= 15 is 0 Å². The SMILES string of the molecule is CCCCC1CCC(C(O)Cc2ccc(F)cc2F)CC1. The number of aliphatic hydroxyl groups is 1. The summed E-state index contributed by atoms with van der Waals surface area (Å²) in [6.07, 6.45) is 8.00. The lowest BCUT2D eigenvalue weighted by Gasteiger charge is -2.31. The highest BCUT2D eigenvalue weighted by Gasteiger charge is 2.26. The zero-order chi connectivity index (χ0) is 15.2. The van der Waals surface area contributed by atoms with E-state index < -0.39 is 17.7 Å². The molecule has 0 aliphatic heterocycles. The predicted molar refractivity (Wildman–Crippen MR) is 81.0 cm³/mol. The van der Waals surface area contributed by atoms with Crippen LogP contribution in [-0.2, 0) is 6.42 Å². The van der Waals surface area contributed by atoms with Crippen molar-refractivity contribution >= 4 is 0 Å². The second kappa shape index (κ2) is 7.88. The molecular weight excluding hydrogens is 270 g/mol. The normalized spacial score (nSPS) is 24.0. The molecule has 21 heavy (non-hydrogen) atoms. The Kier molecular flexibility index (Phi) is 6.16.